The van der Waals surface area contributed by atoms with Crippen molar-refractivity contribution in [2.24, 2.45) is 0 Å². The topological polar surface area (TPSA) is 46.0 Å². The van der Waals surface area contributed by atoms with Gasteiger partial charge in [-0.1, -0.05) is 32.9 Å². The molecule has 0 spiro atoms. The van der Waals surface area contributed by atoms with Gasteiger partial charge in [0, 0.05) is 0 Å². The fourth-order valence-corrected chi connectivity index (χ4v) is 1.63. The standard InChI is InChI=1S/C12H14N2O/c1-12(2,3)8-5-4-6-9-11(8)14-10(15)7-13-9/h4-7H,1-3H3,(H,14,15). The number of hydrogen-bond acceptors (Lipinski definition) is 3. The summed E-state index contributed by atoms with van der Waals surface area (Å²) in [5, 5.41) is 9.35. The van der Waals surface area contributed by atoms with Gasteiger partial charge in [-0.15, -0.1) is 0 Å². The van der Waals surface area contributed by atoms with Crippen LogP contribution in [0, 0.1) is 0 Å². The molecule has 1 aromatic carbocycles. The molecule has 0 fully saturated rings. The van der Waals surface area contributed by atoms with Crippen LogP contribution in [0.25, 0.3) is 11.0 Å². The third-order valence-corrected chi connectivity index (χ3v) is 2.37. The molecule has 0 aliphatic carbocycles. The monoisotopic (exact) mass is 202 g/mol. The van der Waals surface area contributed by atoms with Crippen molar-refractivity contribution in [3.05, 3.63) is 30.0 Å². The van der Waals surface area contributed by atoms with E-state index >= 15 is 0 Å². The molecule has 15 heavy (non-hydrogen) atoms. The Kier molecular flexibility index (Phi) is 2.11. The average molecular weight is 202 g/mol. The van der Waals surface area contributed by atoms with Crippen molar-refractivity contribution in [2.45, 2.75) is 26.2 Å². The van der Waals surface area contributed by atoms with Crippen LogP contribution in [0.2, 0.25) is 0 Å². The lowest BCUT2D eigenvalue weighted by molar-refractivity contribution is 0.452. The van der Waals surface area contributed by atoms with Crippen LogP contribution in [-0.4, -0.2) is 15.1 Å². The highest BCUT2D eigenvalue weighted by Gasteiger charge is 2.17. The van der Waals surface area contributed by atoms with Crippen molar-refractivity contribution in [3.8, 4) is 5.88 Å². The van der Waals surface area contributed by atoms with Crippen LogP contribution >= 0.6 is 0 Å². The van der Waals surface area contributed by atoms with Gasteiger partial charge in [-0.25, -0.2) is 9.97 Å². The van der Waals surface area contributed by atoms with Gasteiger partial charge in [0.2, 0.25) is 5.88 Å². The van der Waals surface area contributed by atoms with Crippen molar-refractivity contribution in [2.75, 3.05) is 0 Å². The number of rotatable bonds is 0. The molecule has 0 amide bonds. The number of benzene rings is 1. The van der Waals surface area contributed by atoms with Gasteiger partial charge < -0.3 is 5.11 Å². The van der Waals surface area contributed by atoms with Gasteiger partial charge in [0.25, 0.3) is 0 Å². The number of para-hydroxylation sites is 1. The minimum Gasteiger partial charge on any atom is -0.492 e. The molecule has 0 saturated carbocycles. The van der Waals surface area contributed by atoms with E-state index in [1.54, 1.807) is 0 Å². The second-order valence-electron chi connectivity index (χ2n) is 4.65. The summed E-state index contributed by atoms with van der Waals surface area (Å²) >= 11 is 0. The molecule has 0 saturated heterocycles. The molecule has 0 aliphatic rings. The maximum atomic E-state index is 9.35. The summed E-state index contributed by atoms with van der Waals surface area (Å²) in [6.45, 7) is 6.36. The van der Waals surface area contributed by atoms with E-state index in [1.165, 1.54) is 6.20 Å². The van der Waals surface area contributed by atoms with Crippen molar-refractivity contribution < 1.29 is 5.11 Å². The molecule has 0 bridgehead atoms. The summed E-state index contributed by atoms with van der Waals surface area (Å²) in [5.74, 6) is -0.0285. The van der Waals surface area contributed by atoms with Crippen LogP contribution in [-0.2, 0) is 5.41 Å². The predicted molar refractivity (Wildman–Crippen MR) is 59.9 cm³/mol. The van der Waals surface area contributed by atoms with E-state index in [4.69, 9.17) is 0 Å². The Balaban J connectivity index is 2.80. The number of hydrogen-bond donors (Lipinski definition) is 1. The second kappa shape index (κ2) is 3.19. The first-order valence-electron chi connectivity index (χ1n) is 4.94. The zero-order valence-corrected chi connectivity index (χ0v) is 9.15. The Morgan fingerprint density at radius 3 is 2.60 bits per heavy atom. The van der Waals surface area contributed by atoms with Gasteiger partial charge in [-0.3, -0.25) is 0 Å². The fraction of sp³-hybridized carbons (Fsp3) is 0.333. The van der Waals surface area contributed by atoms with Crippen LogP contribution in [0.4, 0.5) is 0 Å². The Morgan fingerprint density at radius 2 is 1.93 bits per heavy atom. The van der Waals surface area contributed by atoms with Gasteiger partial charge in [-0.2, -0.15) is 0 Å². The normalized spacial score (nSPS) is 11.9. The predicted octanol–water partition coefficient (Wildman–Crippen LogP) is 2.63. The highest BCUT2D eigenvalue weighted by molar-refractivity contribution is 5.79. The van der Waals surface area contributed by atoms with Crippen molar-refractivity contribution in [3.63, 3.8) is 0 Å². The van der Waals surface area contributed by atoms with Crippen molar-refractivity contribution >= 4 is 11.0 Å². The summed E-state index contributed by atoms with van der Waals surface area (Å²) in [4.78, 5) is 8.28. The van der Waals surface area contributed by atoms with Gasteiger partial charge in [0.15, 0.2) is 0 Å². The molecule has 0 aliphatic heterocycles. The molecular formula is C12H14N2O. The summed E-state index contributed by atoms with van der Waals surface area (Å²) in [6.07, 6.45) is 1.37. The molecule has 3 heteroatoms. The molecular weight excluding hydrogens is 188 g/mol. The lowest BCUT2D eigenvalue weighted by Gasteiger charge is -2.20. The molecule has 2 aromatic rings. The number of aromatic nitrogens is 2. The molecule has 0 unspecified atom stereocenters. The van der Waals surface area contributed by atoms with Crippen LogP contribution in [0.3, 0.4) is 0 Å². The van der Waals surface area contributed by atoms with Gasteiger partial charge in [-0.05, 0) is 17.0 Å². The molecule has 1 N–H and O–H groups in total. The third kappa shape index (κ3) is 1.77. The van der Waals surface area contributed by atoms with Crippen LogP contribution < -0.4 is 0 Å². The van der Waals surface area contributed by atoms with E-state index in [0.29, 0.717) is 0 Å². The van der Waals surface area contributed by atoms with Crippen molar-refractivity contribution in [1.82, 2.24) is 9.97 Å². The molecule has 0 atom stereocenters. The van der Waals surface area contributed by atoms with E-state index in [2.05, 4.69) is 30.7 Å². The number of aromatic hydroxyl groups is 1. The lowest BCUT2D eigenvalue weighted by Crippen LogP contribution is -2.12. The minimum atomic E-state index is -0.0285. The zero-order valence-electron chi connectivity index (χ0n) is 9.15. The van der Waals surface area contributed by atoms with Gasteiger partial charge >= 0.3 is 0 Å². The highest BCUT2D eigenvalue weighted by Crippen LogP contribution is 2.28. The largest absolute Gasteiger partial charge is 0.492 e. The van der Waals surface area contributed by atoms with Gasteiger partial charge in [0.05, 0.1) is 17.2 Å². The molecule has 1 aromatic heterocycles. The average Bonchev–Trinajstić information content (AvgIpc) is 2.15. The molecule has 0 radical (unpaired) electrons. The Labute approximate surface area is 88.8 Å². The summed E-state index contributed by atoms with van der Waals surface area (Å²) in [7, 11) is 0. The fourth-order valence-electron chi connectivity index (χ4n) is 1.63. The van der Waals surface area contributed by atoms with Crippen LogP contribution in [0.15, 0.2) is 24.4 Å². The second-order valence-corrected chi connectivity index (χ2v) is 4.65. The first-order valence-corrected chi connectivity index (χ1v) is 4.94. The maximum absolute atomic E-state index is 9.35. The first-order chi connectivity index (χ1) is 6.98. The molecule has 3 nitrogen and oxygen atoms in total. The summed E-state index contributed by atoms with van der Waals surface area (Å²) in [5.41, 5.74) is 2.70. The zero-order chi connectivity index (χ0) is 11.1. The van der Waals surface area contributed by atoms with E-state index in [-0.39, 0.29) is 11.3 Å². The van der Waals surface area contributed by atoms with Crippen LogP contribution in [0.1, 0.15) is 26.3 Å². The summed E-state index contributed by atoms with van der Waals surface area (Å²) < 4.78 is 0. The van der Waals surface area contributed by atoms with Crippen molar-refractivity contribution in [1.29, 1.82) is 0 Å². The molecule has 2 rings (SSSR count). The Morgan fingerprint density at radius 1 is 1.20 bits per heavy atom. The SMILES string of the molecule is CC(C)(C)c1cccc2ncc(O)nc12. The van der Waals surface area contributed by atoms with Crippen LogP contribution in [0.5, 0.6) is 5.88 Å². The third-order valence-electron chi connectivity index (χ3n) is 2.37. The first kappa shape index (κ1) is 9.90. The number of nitrogens with zero attached hydrogens (tertiary/aromatic N) is 2. The molecule has 1 heterocycles. The summed E-state index contributed by atoms with van der Waals surface area (Å²) in [6, 6.07) is 5.89. The minimum absolute atomic E-state index is 0.00197. The lowest BCUT2D eigenvalue weighted by atomic mass is 9.86. The Hall–Kier alpha value is -1.64. The quantitative estimate of drug-likeness (QED) is 0.714. The van der Waals surface area contributed by atoms with E-state index in [0.717, 1.165) is 16.6 Å². The smallest absolute Gasteiger partial charge is 0.230 e. The maximum Gasteiger partial charge on any atom is 0.230 e. The molecule has 78 valence electrons. The van der Waals surface area contributed by atoms with E-state index < -0.39 is 0 Å². The van der Waals surface area contributed by atoms with E-state index in [9.17, 15) is 5.11 Å². The number of fused-ring (bicyclic) bond motifs is 1. The van der Waals surface area contributed by atoms with Gasteiger partial charge in [0.1, 0.15) is 0 Å². The van der Waals surface area contributed by atoms with E-state index in [1.807, 2.05) is 18.2 Å². The highest BCUT2D eigenvalue weighted by atomic mass is 16.3. The Bertz CT molecular complexity index is 500.